The van der Waals surface area contributed by atoms with E-state index < -0.39 is 11.7 Å². The fourth-order valence-corrected chi connectivity index (χ4v) is 5.31. The van der Waals surface area contributed by atoms with Crippen LogP contribution in [-0.2, 0) is 4.79 Å². The first-order valence-electron chi connectivity index (χ1n) is 12.6. The number of anilines is 1. The molecule has 5 rings (SSSR count). The molecule has 0 spiro atoms. The Balaban J connectivity index is 1.37. The number of rotatable bonds is 7. The summed E-state index contributed by atoms with van der Waals surface area (Å²) in [6, 6.07) is 15.9. The summed E-state index contributed by atoms with van der Waals surface area (Å²) in [4.78, 5) is 30.4. The lowest BCUT2D eigenvalue weighted by molar-refractivity contribution is -0.118. The van der Waals surface area contributed by atoms with Crippen molar-refractivity contribution in [2.75, 3.05) is 11.9 Å². The number of hydrogen-bond donors (Lipinski definition) is 1. The van der Waals surface area contributed by atoms with E-state index in [0.29, 0.717) is 28.0 Å². The van der Waals surface area contributed by atoms with Crippen molar-refractivity contribution in [2.24, 2.45) is 5.10 Å². The molecule has 1 N–H and O–H groups in total. The van der Waals surface area contributed by atoms with E-state index >= 15 is 0 Å². The van der Waals surface area contributed by atoms with Gasteiger partial charge >= 0.3 is 0 Å². The molecule has 1 amide bonds. The molecule has 1 aromatic heterocycles. The molecule has 0 radical (unpaired) electrons. The molecule has 200 valence electrons. The predicted octanol–water partition coefficient (Wildman–Crippen LogP) is 6.79. The number of hydrogen-bond acceptors (Lipinski definition) is 5. The van der Waals surface area contributed by atoms with Crippen LogP contribution in [0.2, 0.25) is 10.0 Å². The molecule has 7 nitrogen and oxygen atoms in total. The molecule has 1 aliphatic rings. The quantitative estimate of drug-likeness (QED) is 0.249. The van der Waals surface area contributed by atoms with Crippen LogP contribution in [0.4, 0.5) is 10.1 Å². The number of para-hydroxylation sites is 1. The molecule has 1 aliphatic carbocycles. The molecule has 1 heterocycles. The highest BCUT2D eigenvalue weighted by molar-refractivity contribution is 6.37. The lowest BCUT2D eigenvalue weighted by Crippen LogP contribution is -2.25. The summed E-state index contributed by atoms with van der Waals surface area (Å²) < 4.78 is 20.3. The SMILES string of the molecule is O=C(COc1c(Cl)cc(C=Nn2c(C3CCCCC3)nc3ccccc3c2=O)cc1Cl)Nc1cccc(F)c1. The molecule has 0 unspecified atom stereocenters. The first-order chi connectivity index (χ1) is 18.9. The number of nitrogens with zero attached hydrogens (tertiary/aromatic N) is 3. The molecule has 3 aromatic carbocycles. The number of nitrogens with one attached hydrogen (secondary N) is 1. The summed E-state index contributed by atoms with van der Waals surface area (Å²) in [5.74, 6) is -0.0513. The lowest BCUT2D eigenvalue weighted by Gasteiger charge is -2.22. The zero-order valence-electron chi connectivity index (χ0n) is 20.9. The lowest BCUT2D eigenvalue weighted by atomic mass is 9.88. The van der Waals surface area contributed by atoms with Gasteiger partial charge in [0.2, 0.25) is 0 Å². The van der Waals surface area contributed by atoms with Gasteiger partial charge in [-0.15, -0.1) is 0 Å². The van der Waals surface area contributed by atoms with Crippen LogP contribution in [0.1, 0.15) is 49.4 Å². The van der Waals surface area contributed by atoms with Crippen molar-refractivity contribution in [1.82, 2.24) is 9.66 Å². The van der Waals surface area contributed by atoms with Gasteiger partial charge in [-0.1, -0.05) is 60.7 Å². The predicted molar refractivity (Wildman–Crippen MR) is 152 cm³/mol. The van der Waals surface area contributed by atoms with Crippen LogP contribution in [0.5, 0.6) is 5.75 Å². The number of fused-ring (bicyclic) bond motifs is 1. The van der Waals surface area contributed by atoms with Gasteiger partial charge in [-0.25, -0.2) is 9.37 Å². The summed E-state index contributed by atoms with van der Waals surface area (Å²) in [7, 11) is 0. The molecule has 1 saturated carbocycles. The number of carbonyl (C=O) groups excluding carboxylic acids is 1. The van der Waals surface area contributed by atoms with Crippen molar-refractivity contribution in [3.05, 3.63) is 98.3 Å². The number of amides is 1. The third kappa shape index (κ3) is 6.29. The Labute approximate surface area is 234 Å². The summed E-state index contributed by atoms with van der Waals surface area (Å²) in [6.07, 6.45) is 6.76. The van der Waals surface area contributed by atoms with Crippen LogP contribution in [0.3, 0.4) is 0 Å². The maximum absolute atomic E-state index is 13.4. The van der Waals surface area contributed by atoms with Gasteiger partial charge in [-0.3, -0.25) is 9.59 Å². The molecule has 0 atom stereocenters. The van der Waals surface area contributed by atoms with Crippen LogP contribution in [-0.4, -0.2) is 28.4 Å². The summed E-state index contributed by atoms with van der Waals surface area (Å²) in [5.41, 5.74) is 1.26. The van der Waals surface area contributed by atoms with Gasteiger partial charge in [-0.2, -0.15) is 9.78 Å². The van der Waals surface area contributed by atoms with Crippen molar-refractivity contribution in [2.45, 2.75) is 38.0 Å². The molecule has 0 bridgehead atoms. The van der Waals surface area contributed by atoms with Crippen LogP contribution >= 0.6 is 23.2 Å². The Morgan fingerprint density at radius 3 is 2.56 bits per heavy atom. The third-order valence-corrected chi connectivity index (χ3v) is 7.11. The van der Waals surface area contributed by atoms with Crippen LogP contribution in [0.25, 0.3) is 10.9 Å². The second-order valence-electron chi connectivity index (χ2n) is 9.34. The van der Waals surface area contributed by atoms with Crippen LogP contribution in [0.15, 0.2) is 70.6 Å². The highest BCUT2D eigenvalue weighted by atomic mass is 35.5. The van der Waals surface area contributed by atoms with E-state index in [-0.39, 0.29) is 33.9 Å². The minimum absolute atomic E-state index is 0.123. The maximum Gasteiger partial charge on any atom is 0.282 e. The Hall–Kier alpha value is -3.75. The highest BCUT2D eigenvalue weighted by Crippen LogP contribution is 2.34. The van der Waals surface area contributed by atoms with Gasteiger partial charge in [0.1, 0.15) is 11.6 Å². The van der Waals surface area contributed by atoms with Gasteiger partial charge in [0.05, 0.1) is 27.2 Å². The smallest absolute Gasteiger partial charge is 0.282 e. The van der Waals surface area contributed by atoms with Gasteiger partial charge in [0.15, 0.2) is 12.4 Å². The van der Waals surface area contributed by atoms with Crippen molar-refractivity contribution >= 4 is 51.9 Å². The minimum Gasteiger partial charge on any atom is -0.481 e. The largest absolute Gasteiger partial charge is 0.481 e. The average Bonchev–Trinajstić information content (AvgIpc) is 2.92. The fourth-order valence-electron chi connectivity index (χ4n) is 4.69. The molecule has 39 heavy (non-hydrogen) atoms. The molecular formula is C29H25Cl2FN4O3. The molecule has 0 aliphatic heterocycles. The number of carbonyl (C=O) groups is 1. The van der Waals surface area contributed by atoms with Crippen LogP contribution in [0, 0.1) is 5.82 Å². The fraction of sp³-hybridized carbons (Fsp3) is 0.241. The number of halogens is 3. The van der Waals surface area contributed by atoms with Gasteiger partial charge in [0, 0.05) is 11.6 Å². The van der Waals surface area contributed by atoms with Crippen molar-refractivity contribution in [3.8, 4) is 5.75 Å². The number of ether oxygens (including phenoxy) is 1. The van der Waals surface area contributed by atoms with Crippen LogP contribution < -0.4 is 15.6 Å². The monoisotopic (exact) mass is 566 g/mol. The van der Waals surface area contributed by atoms with E-state index in [1.807, 2.05) is 12.1 Å². The van der Waals surface area contributed by atoms with Gasteiger partial charge in [-0.05, 0) is 60.9 Å². The molecule has 1 fully saturated rings. The Morgan fingerprint density at radius 2 is 1.82 bits per heavy atom. The minimum atomic E-state index is -0.503. The molecular weight excluding hydrogens is 542 g/mol. The average molecular weight is 567 g/mol. The molecule has 4 aromatic rings. The Morgan fingerprint density at radius 1 is 1.08 bits per heavy atom. The van der Waals surface area contributed by atoms with E-state index in [9.17, 15) is 14.0 Å². The first-order valence-corrected chi connectivity index (χ1v) is 13.4. The molecule has 0 saturated heterocycles. The van der Waals surface area contributed by atoms with E-state index in [1.165, 1.54) is 35.5 Å². The standard InChI is InChI=1S/C29H25Cl2FN4O3/c30-23-13-18(14-24(31)27(23)39-17-26(37)34-21-10-6-9-20(32)15-21)16-33-36-28(19-7-2-1-3-8-19)35-25-12-5-4-11-22(25)29(36)38/h4-6,9-16,19H,1-3,7-8,17H2,(H,34,37). The molecule has 10 heteroatoms. The topological polar surface area (TPSA) is 85.6 Å². The Kier molecular flexibility index (Phi) is 8.24. The zero-order valence-corrected chi connectivity index (χ0v) is 22.4. The van der Waals surface area contributed by atoms with Crippen molar-refractivity contribution < 1.29 is 13.9 Å². The van der Waals surface area contributed by atoms with E-state index in [2.05, 4.69) is 10.4 Å². The Bertz CT molecular complexity index is 1590. The first kappa shape index (κ1) is 26.8. The number of benzene rings is 3. The second kappa shape index (κ2) is 12.0. The summed E-state index contributed by atoms with van der Waals surface area (Å²) >= 11 is 12.8. The summed E-state index contributed by atoms with van der Waals surface area (Å²) in [5, 5.41) is 7.87. The van der Waals surface area contributed by atoms with Crippen molar-refractivity contribution in [1.29, 1.82) is 0 Å². The van der Waals surface area contributed by atoms with E-state index in [0.717, 1.165) is 25.7 Å². The van der Waals surface area contributed by atoms with E-state index in [4.69, 9.17) is 32.9 Å². The maximum atomic E-state index is 13.4. The van der Waals surface area contributed by atoms with Gasteiger partial charge < -0.3 is 10.1 Å². The third-order valence-electron chi connectivity index (χ3n) is 6.55. The zero-order chi connectivity index (χ0) is 27.4. The number of aromatic nitrogens is 2. The second-order valence-corrected chi connectivity index (χ2v) is 10.2. The van der Waals surface area contributed by atoms with E-state index in [1.54, 1.807) is 30.3 Å². The van der Waals surface area contributed by atoms with Gasteiger partial charge in [0.25, 0.3) is 11.5 Å². The highest BCUT2D eigenvalue weighted by Gasteiger charge is 2.22. The normalized spacial score (nSPS) is 14.1. The summed E-state index contributed by atoms with van der Waals surface area (Å²) in [6.45, 7) is -0.383. The van der Waals surface area contributed by atoms with Crippen molar-refractivity contribution in [3.63, 3.8) is 0 Å².